The molecule has 0 fully saturated rings. The van der Waals surface area contributed by atoms with E-state index in [9.17, 15) is 17.6 Å². The average Bonchev–Trinajstić information content (AvgIpc) is 2.39. The summed E-state index contributed by atoms with van der Waals surface area (Å²) >= 11 is 0. The SMILES string of the molecule is CCNc1nc(C(C)C)nc(OCC(F)(F)C(F)F)c1C. The van der Waals surface area contributed by atoms with Crippen molar-refractivity contribution in [2.75, 3.05) is 18.5 Å². The van der Waals surface area contributed by atoms with E-state index >= 15 is 0 Å². The smallest absolute Gasteiger partial charge is 0.340 e. The van der Waals surface area contributed by atoms with E-state index in [0.717, 1.165) is 0 Å². The van der Waals surface area contributed by atoms with Crippen LogP contribution in [0.25, 0.3) is 0 Å². The number of halogens is 4. The van der Waals surface area contributed by atoms with Gasteiger partial charge in [0, 0.05) is 12.5 Å². The molecule has 0 atom stereocenters. The van der Waals surface area contributed by atoms with Gasteiger partial charge in [0.15, 0.2) is 6.61 Å². The Hall–Kier alpha value is -1.60. The van der Waals surface area contributed by atoms with E-state index < -0.39 is 19.0 Å². The Balaban J connectivity index is 3.05. The van der Waals surface area contributed by atoms with E-state index in [0.29, 0.717) is 23.8 Å². The highest BCUT2D eigenvalue weighted by atomic mass is 19.3. The van der Waals surface area contributed by atoms with Crippen LogP contribution < -0.4 is 10.1 Å². The van der Waals surface area contributed by atoms with E-state index in [-0.39, 0.29) is 11.8 Å². The summed E-state index contributed by atoms with van der Waals surface area (Å²) in [6.07, 6.45) is -3.78. The van der Waals surface area contributed by atoms with Gasteiger partial charge < -0.3 is 10.1 Å². The highest BCUT2D eigenvalue weighted by Gasteiger charge is 2.42. The predicted octanol–water partition coefficient (Wildman–Crippen LogP) is 3.62. The minimum Gasteiger partial charge on any atom is -0.471 e. The number of alkyl halides is 4. The third-order valence-electron chi connectivity index (χ3n) is 2.70. The molecule has 0 aliphatic rings. The van der Waals surface area contributed by atoms with Gasteiger partial charge in [0.2, 0.25) is 5.88 Å². The van der Waals surface area contributed by atoms with Gasteiger partial charge in [0.05, 0.1) is 5.56 Å². The van der Waals surface area contributed by atoms with Gasteiger partial charge in [-0.25, -0.2) is 13.8 Å². The summed E-state index contributed by atoms with van der Waals surface area (Å²) in [6.45, 7) is 6.24. The summed E-state index contributed by atoms with van der Waals surface area (Å²) in [7, 11) is 0. The molecule has 120 valence electrons. The van der Waals surface area contributed by atoms with E-state index in [2.05, 4.69) is 15.3 Å². The number of aromatic nitrogens is 2. The maximum Gasteiger partial charge on any atom is 0.340 e. The molecule has 0 amide bonds. The third-order valence-corrected chi connectivity index (χ3v) is 2.70. The second-order valence-electron chi connectivity index (χ2n) is 4.90. The summed E-state index contributed by atoms with van der Waals surface area (Å²) in [6, 6.07) is 0. The van der Waals surface area contributed by atoms with Gasteiger partial charge in [0.1, 0.15) is 11.6 Å². The molecule has 4 nitrogen and oxygen atoms in total. The predicted molar refractivity (Wildman–Crippen MR) is 71.5 cm³/mol. The second-order valence-corrected chi connectivity index (χ2v) is 4.90. The molecule has 1 aromatic heterocycles. The summed E-state index contributed by atoms with van der Waals surface area (Å²) in [4.78, 5) is 8.29. The van der Waals surface area contributed by atoms with E-state index in [1.165, 1.54) is 0 Å². The van der Waals surface area contributed by atoms with Crippen LogP contribution in [0.15, 0.2) is 0 Å². The molecule has 8 heteroatoms. The zero-order valence-electron chi connectivity index (χ0n) is 12.4. The number of nitrogens with one attached hydrogen (secondary N) is 1. The first-order chi connectivity index (χ1) is 9.69. The van der Waals surface area contributed by atoms with Crippen molar-refractivity contribution in [2.24, 2.45) is 0 Å². The first-order valence-electron chi connectivity index (χ1n) is 6.60. The molecule has 0 saturated carbocycles. The van der Waals surface area contributed by atoms with E-state index in [1.807, 2.05) is 20.8 Å². The monoisotopic (exact) mass is 309 g/mol. The zero-order chi connectivity index (χ0) is 16.2. The second kappa shape index (κ2) is 6.91. The molecule has 0 aromatic carbocycles. The third kappa shape index (κ3) is 4.44. The highest BCUT2D eigenvalue weighted by Crippen LogP contribution is 2.28. The van der Waals surface area contributed by atoms with Crippen molar-refractivity contribution < 1.29 is 22.3 Å². The fourth-order valence-electron chi connectivity index (χ4n) is 1.48. The lowest BCUT2D eigenvalue weighted by Gasteiger charge is -2.18. The number of hydrogen-bond acceptors (Lipinski definition) is 4. The maximum absolute atomic E-state index is 12.9. The van der Waals surface area contributed by atoms with Crippen molar-refractivity contribution in [3.05, 3.63) is 11.4 Å². The van der Waals surface area contributed by atoms with Crippen molar-refractivity contribution in [3.8, 4) is 5.88 Å². The van der Waals surface area contributed by atoms with Gasteiger partial charge in [0.25, 0.3) is 0 Å². The number of nitrogens with zero attached hydrogens (tertiary/aromatic N) is 2. The van der Waals surface area contributed by atoms with Crippen LogP contribution in [-0.4, -0.2) is 35.5 Å². The minimum atomic E-state index is -4.21. The molecule has 0 saturated heterocycles. The Labute approximate surface area is 120 Å². The summed E-state index contributed by atoms with van der Waals surface area (Å²) in [5, 5.41) is 2.96. The van der Waals surface area contributed by atoms with Gasteiger partial charge in [-0.05, 0) is 13.8 Å². The van der Waals surface area contributed by atoms with Crippen LogP contribution in [0, 0.1) is 6.92 Å². The molecular formula is C13H19F4N3O. The lowest BCUT2D eigenvalue weighted by molar-refractivity contribution is -0.148. The van der Waals surface area contributed by atoms with E-state index in [1.54, 1.807) is 6.92 Å². The topological polar surface area (TPSA) is 47.0 Å². The number of hydrogen-bond donors (Lipinski definition) is 1. The fraction of sp³-hybridized carbons (Fsp3) is 0.692. The molecule has 1 aromatic rings. The number of ether oxygens (including phenoxy) is 1. The molecule has 1 heterocycles. The van der Waals surface area contributed by atoms with Crippen LogP contribution in [0.1, 0.15) is 38.1 Å². The van der Waals surface area contributed by atoms with Crippen molar-refractivity contribution in [3.63, 3.8) is 0 Å². The van der Waals surface area contributed by atoms with Crippen molar-refractivity contribution in [1.29, 1.82) is 0 Å². The number of anilines is 1. The summed E-state index contributed by atoms with van der Waals surface area (Å²) in [5.41, 5.74) is 0.409. The quantitative estimate of drug-likeness (QED) is 0.782. The average molecular weight is 309 g/mol. The Kier molecular flexibility index (Phi) is 5.74. The van der Waals surface area contributed by atoms with Gasteiger partial charge in [-0.15, -0.1) is 0 Å². The first kappa shape index (κ1) is 17.5. The van der Waals surface area contributed by atoms with Gasteiger partial charge in [-0.2, -0.15) is 13.8 Å². The lowest BCUT2D eigenvalue weighted by atomic mass is 10.2. The Bertz CT molecular complexity index is 481. The fourth-order valence-corrected chi connectivity index (χ4v) is 1.48. The van der Waals surface area contributed by atoms with Gasteiger partial charge >= 0.3 is 12.3 Å². The lowest BCUT2D eigenvalue weighted by Crippen LogP contribution is -2.34. The first-order valence-corrected chi connectivity index (χ1v) is 6.60. The molecule has 0 spiro atoms. The summed E-state index contributed by atoms with van der Waals surface area (Å²) < 4.78 is 55.0. The van der Waals surface area contributed by atoms with Crippen LogP contribution >= 0.6 is 0 Å². The van der Waals surface area contributed by atoms with Crippen molar-refractivity contribution in [1.82, 2.24) is 9.97 Å². The normalized spacial score (nSPS) is 12.1. The van der Waals surface area contributed by atoms with Crippen molar-refractivity contribution in [2.45, 2.75) is 46.0 Å². The molecule has 1 rings (SSSR count). The molecule has 0 unspecified atom stereocenters. The molecule has 0 aliphatic carbocycles. The Morgan fingerprint density at radius 2 is 1.86 bits per heavy atom. The summed E-state index contributed by atoms with van der Waals surface area (Å²) in [5.74, 6) is -3.53. The van der Waals surface area contributed by atoms with Crippen LogP contribution in [0.5, 0.6) is 5.88 Å². The minimum absolute atomic E-state index is 0.0547. The van der Waals surface area contributed by atoms with Crippen LogP contribution in [0.2, 0.25) is 0 Å². The molecule has 0 radical (unpaired) electrons. The Morgan fingerprint density at radius 3 is 2.33 bits per heavy atom. The maximum atomic E-state index is 12.9. The van der Waals surface area contributed by atoms with Gasteiger partial charge in [-0.3, -0.25) is 0 Å². The van der Waals surface area contributed by atoms with Crippen LogP contribution in [0.3, 0.4) is 0 Å². The highest BCUT2D eigenvalue weighted by molar-refractivity contribution is 5.48. The van der Waals surface area contributed by atoms with Crippen LogP contribution in [0.4, 0.5) is 23.4 Å². The van der Waals surface area contributed by atoms with Crippen LogP contribution in [-0.2, 0) is 0 Å². The van der Waals surface area contributed by atoms with E-state index in [4.69, 9.17) is 4.74 Å². The largest absolute Gasteiger partial charge is 0.471 e. The molecule has 0 bridgehead atoms. The molecule has 1 N–H and O–H groups in total. The molecule has 21 heavy (non-hydrogen) atoms. The standard InChI is InChI=1S/C13H19F4N3O/c1-5-18-10-8(4)11(20-9(19-10)7(2)3)21-6-13(16,17)12(14)15/h7,12H,5-6H2,1-4H3,(H,18,19,20). The van der Waals surface area contributed by atoms with Gasteiger partial charge in [-0.1, -0.05) is 13.8 Å². The number of rotatable bonds is 7. The zero-order valence-corrected chi connectivity index (χ0v) is 12.4. The molecular weight excluding hydrogens is 290 g/mol. The molecule has 0 aliphatic heterocycles. The van der Waals surface area contributed by atoms with Crippen molar-refractivity contribution >= 4 is 5.82 Å². The Morgan fingerprint density at radius 1 is 1.24 bits per heavy atom.